The Morgan fingerprint density at radius 3 is 2.62 bits per heavy atom. The van der Waals surface area contributed by atoms with Crippen LogP contribution in [0.5, 0.6) is 0 Å². The van der Waals surface area contributed by atoms with Crippen molar-refractivity contribution in [3.8, 4) is 5.40 Å². The predicted molar refractivity (Wildman–Crippen MR) is 96.1 cm³/mol. The van der Waals surface area contributed by atoms with Crippen LogP contribution in [0.15, 0.2) is 33.5 Å². The molecule has 1 aromatic carbocycles. The van der Waals surface area contributed by atoms with Gasteiger partial charge in [-0.3, -0.25) is 9.59 Å². The molecule has 2 aromatic rings. The summed E-state index contributed by atoms with van der Waals surface area (Å²) in [6, 6.07) is 7.02. The molecule has 0 atom stereocenters. The van der Waals surface area contributed by atoms with Crippen LogP contribution in [0.4, 0.5) is 10.8 Å². The Labute approximate surface area is 151 Å². The van der Waals surface area contributed by atoms with Gasteiger partial charge in [-0.25, -0.2) is 0 Å². The minimum Gasteiger partial charge on any atom is -0.325 e. The molecule has 2 amide bonds. The lowest BCUT2D eigenvalue weighted by atomic mass is 10.3. The summed E-state index contributed by atoms with van der Waals surface area (Å²) in [7, 11) is 0. The molecule has 1 heterocycles. The van der Waals surface area contributed by atoms with Crippen molar-refractivity contribution in [2.45, 2.75) is 22.6 Å². The maximum Gasteiger partial charge on any atom is 0.234 e. The number of benzene rings is 1. The fraction of sp³-hybridized carbons (Fsp3) is 0.214. The van der Waals surface area contributed by atoms with E-state index < -0.39 is 0 Å². The summed E-state index contributed by atoms with van der Waals surface area (Å²) in [5, 5.41) is 24.2. The highest BCUT2D eigenvalue weighted by atomic mass is 32.2. The summed E-state index contributed by atoms with van der Waals surface area (Å²) < 4.78 is 0.609. The number of rotatable bonds is 7. The highest BCUT2D eigenvalue weighted by molar-refractivity contribution is 8.03. The number of nitrogens with one attached hydrogen (secondary N) is 2. The molecule has 1 aromatic heterocycles. The number of thiocyanates is 1. The van der Waals surface area contributed by atoms with Crippen LogP contribution >= 0.6 is 34.9 Å². The zero-order valence-electron chi connectivity index (χ0n) is 12.6. The molecule has 0 aliphatic heterocycles. The highest BCUT2D eigenvalue weighted by Gasteiger charge is 2.10. The third-order valence-electron chi connectivity index (χ3n) is 2.60. The highest BCUT2D eigenvalue weighted by Crippen LogP contribution is 2.26. The molecule has 0 saturated carbocycles. The van der Waals surface area contributed by atoms with E-state index in [0.717, 1.165) is 16.7 Å². The van der Waals surface area contributed by atoms with Gasteiger partial charge >= 0.3 is 0 Å². The van der Waals surface area contributed by atoms with Crippen molar-refractivity contribution in [2.24, 2.45) is 0 Å². The van der Waals surface area contributed by atoms with Crippen LogP contribution in [-0.4, -0.2) is 27.8 Å². The quantitative estimate of drug-likeness (QED) is 0.432. The topological polar surface area (TPSA) is 108 Å². The average Bonchev–Trinajstić information content (AvgIpc) is 3.02. The molecule has 0 unspecified atom stereocenters. The van der Waals surface area contributed by atoms with Crippen molar-refractivity contribution in [2.75, 3.05) is 16.4 Å². The van der Waals surface area contributed by atoms with Crippen molar-refractivity contribution >= 4 is 57.5 Å². The lowest BCUT2D eigenvalue weighted by Crippen LogP contribution is -2.13. The fourth-order valence-corrected chi connectivity index (χ4v) is 3.46. The summed E-state index contributed by atoms with van der Waals surface area (Å²) in [5.41, 5.74) is 0.663. The first-order valence-electron chi connectivity index (χ1n) is 6.82. The van der Waals surface area contributed by atoms with E-state index in [1.165, 1.54) is 23.1 Å². The van der Waals surface area contributed by atoms with Gasteiger partial charge in [-0.1, -0.05) is 30.0 Å². The average molecular weight is 379 g/mol. The van der Waals surface area contributed by atoms with E-state index in [1.807, 2.05) is 5.40 Å². The third-order valence-corrected chi connectivity index (χ3v) is 5.17. The first-order valence-corrected chi connectivity index (χ1v) is 9.44. The van der Waals surface area contributed by atoms with E-state index in [2.05, 4.69) is 20.8 Å². The zero-order chi connectivity index (χ0) is 17.4. The van der Waals surface area contributed by atoms with Gasteiger partial charge in [0.15, 0.2) is 4.34 Å². The van der Waals surface area contributed by atoms with Crippen molar-refractivity contribution in [3.63, 3.8) is 0 Å². The van der Waals surface area contributed by atoms with E-state index in [-0.39, 0.29) is 17.6 Å². The maximum atomic E-state index is 11.9. The van der Waals surface area contributed by atoms with Gasteiger partial charge < -0.3 is 10.6 Å². The Balaban J connectivity index is 1.80. The number of anilines is 2. The SMILES string of the molecule is CCC(=O)Nc1nnc(SCC(=O)Nc2ccc(SC#N)cc2)s1. The smallest absolute Gasteiger partial charge is 0.234 e. The Kier molecular flexibility index (Phi) is 7.05. The lowest BCUT2D eigenvalue weighted by molar-refractivity contribution is -0.116. The number of hydrogen-bond donors (Lipinski definition) is 2. The van der Waals surface area contributed by atoms with Crippen LogP contribution in [-0.2, 0) is 9.59 Å². The second-order valence-corrected chi connectivity index (χ2v) is 7.39. The Bertz CT molecular complexity index is 755. The summed E-state index contributed by atoms with van der Waals surface area (Å²) in [5.74, 6) is -0.112. The molecule has 10 heteroatoms. The van der Waals surface area contributed by atoms with Gasteiger partial charge in [0.1, 0.15) is 5.40 Å². The molecule has 124 valence electrons. The van der Waals surface area contributed by atoms with Gasteiger partial charge in [0.05, 0.1) is 5.75 Å². The zero-order valence-corrected chi connectivity index (χ0v) is 15.1. The van der Waals surface area contributed by atoms with E-state index >= 15 is 0 Å². The maximum absolute atomic E-state index is 11.9. The lowest BCUT2D eigenvalue weighted by Gasteiger charge is -2.04. The number of aromatic nitrogens is 2. The predicted octanol–water partition coefficient (Wildman–Crippen LogP) is 3.19. The molecule has 0 bridgehead atoms. The van der Waals surface area contributed by atoms with Crippen LogP contribution in [0.2, 0.25) is 0 Å². The van der Waals surface area contributed by atoms with E-state index in [0.29, 0.717) is 21.6 Å². The van der Waals surface area contributed by atoms with Crippen LogP contribution in [0.25, 0.3) is 0 Å². The molecule has 7 nitrogen and oxygen atoms in total. The number of nitriles is 1. The van der Waals surface area contributed by atoms with Crippen molar-refractivity contribution < 1.29 is 9.59 Å². The summed E-state index contributed by atoms with van der Waals surface area (Å²) in [4.78, 5) is 24.0. The molecular weight excluding hydrogens is 366 g/mol. The van der Waals surface area contributed by atoms with E-state index in [9.17, 15) is 9.59 Å². The standard InChI is InChI=1S/C14H13N5O2S3/c1-2-11(20)17-13-18-19-14(24-13)22-7-12(21)16-9-3-5-10(6-4-9)23-8-15/h3-6H,2,7H2,1H3,(H,16,21)(H,17,18,20). The van der Waals surface area contributed by atoms with Gasteiger partial charge in [0, 0.05) is 17.0 Å². The van der Waals surface area contributed by atoms with Crippen molar-refractivity contribution in [3.05, 3.63) is 24.3 Å². The molecule has 2 rings (SSSR count). The minimum absolute atomic E-state index is 0.126. The molecule has 2 N–H and O–H groups in total. The molecule has 0 aliphatic carbocycles. The van der Waals surface area contributed by atoms with Crippen LogP contribution in [0, 0.1) is 10.7 Å². The molecule has 0 aliphatic rings. The molecule has 0 fully saturated rings. The summed E-state index contributed by atoms with van der Waals surface area (Å²) >= 11 is 3.54. The Morgan fingerprint density at radius 2 is 1.96 bits per heavy atom. The third kappa shape index (κ3) is 5.84. The minimum atomic E-state index is -0.171. The van der Waals surface area contributed by atoms with Gasteiger partial charge in [-0.05, 0) is 36.0 Å². The number of amides is 2. The van der Waals surface area contributed by atoms with Crippen molar-refractivity contribution in [1.82, 2.24) is 10.2 Å². The molecule has 24 heavy (non-hydrogen) atoms. The number of nitrogens with zero attached hydrogens (tertiary/aromatic N) is 3. The molecule has 0 radical (unpaired) electrons. The molecule has 0 spiro atoms. The molecule has 0 saturated heterocycles. The van der Waals surface area contributed by atoms with E-state index in [1.54, 1.807) is 31.2 Å². The second-order valence-electron chi connectivity index (χ2n) is 4.33. The second kappa shape index (κ2) is 9.27. The van der Waals surface area contributed by atoms with Gasteiger partial charge in [-0.2, -0.15) is 5.26 Å². The van der Waals surface area contributed by atoms with Gasteiger partial charge in [-0.15, -0.1) is 10.2 Å². The number of hydrogen-bond acceptors (Lipinski definition) is 8. The summed E-state index contributed by atoms with van der Waals surface area (Å²) in [6.45, 7) is 1.75. The van der Waals surface area contributed by atoms with Crippen molar-refractivity contribution in [1.29, 1.82) is 5.26 Å². The van der Waals surface area contributed by atoms with Crippen LogP contribution < -0.4 is 10.6 Å². The Hall–Kier alpha value is -2.09. The van der Waals surface area contributed by atoms with Gasteiger partial charge in [0.25, 0.3) is 0 Å². The largest absolute Gasteiger partial charge is 0.325 e. The van der Waals surface area contributed by atoms with Gasteiger partial charge in [0.2, 0.25) is 16.9 Å². The normalized spacial score (nSPS) is 10.0. The number of thioether (sulfide) groups is 2. The Morgan fingerprint density at radius 1 is 1.21 bits per heavy atom. The number of carbonyl (C=O) groups excluding carboxylic acids is 2. The van der Waals surface area contributed by atoms with Crippen LogP contribution in [0.3, 0.4) is 0 Å². The summed E-state index contributed by atoms with van der Waals surface area (Å²) in [6.07, 6.45) is 0.371. The fourth-order valence-electron chi connectivity index (χ4n) is 1.51. The van der Waals surface area contributed by atoms with Crippen LogP contribution in [0.1, 0.15) is 13.3 Å². The first kappa shape index (κ1) is 18.3. The van der Waals surface area contributed by atoms with E-state index in [4.69, 9.17) is 5.26 Å². The first-order chi connectivity index (χ1) is 11.6. The monoisotopic (exact) mass is 379 g/mol. The number of carbonyl (C=O) groups is 2. The molecular formula is C14H13N5O2S3.